The van der Waals surface area contributed by atoms with E-state index < -0.39 is 0 Å². The van der Waals surface area contributed by atoms with Gasteiger partial charge in [0.15, 0.2) is 0 Å². The fraction of sp³-hybridized carbons (Fsp3) is 0.625. The lowest BCUT2D eigenvalue weighted by Crippen LogP contribution is -2.57. The van der Waals surface area contributed by atoms with E-state index in [1.807, 2.05) is 6.92 Å². The van der Waals surface area contributed by atoms with Crippen molar-refractivity contribution in [2.24, 2.45) is 0 Å². The van der Waals surface area contributed by atoms with E-state index in [0.29, 0.717) is 6.17 Å². The average Bonchev–Trinajstić information content (AvgIpc) is 3.00. The van der Waals surface area contributed by atoms with Gasteiger partial charge in [-0.3, -0.25) is 20.4 Å². The first-order chi connectivity index (χ1) is 10.8. The number of piperazine rings is 1. The van der Waals surface area contributed by atoms with Crippen LogP contribution < -0.4 is 21.4 Å². The van der Waals surface area contributed by atoms with Crippen molar-refractivity contribution >= 4 is 0 Å². The van der Waals surface area contributed by atoms with Gasteiger partial charge in [0.25, 0.3) is 0 Å². The fourth-order valence-corrected chi connectivity index (χ4v) is 3.03. The summed E-state index contributed by atoms with van der Waals surface area (Å²) in [6.07, 6.45) is 0.547. The van der Waals surface area contributed by atoms with E-state index >= 15 is 0 Å². The first-order valence-corrected chi connectivity index (χ1v) is 8.20. The SMILES string of the molecule is CCN1CCNCC1NCc1ccc(C2NOC(C)N2)cc1. The highest BCUT2D eigenvalue weighted by Crippen LogP contribution is 2.16. The lowest BCUT2D eigenvalue weighted by molar-refractivity contribution is 0.0329. The number of nitrogens with zero attached hydrogens (tertiary/aromatic N) is 1. The molecule has 2 aliphatic heterocycles. The van der Waals surface area contributed by atoms with Crippen LogP contribution in [0.3, 0.4) is 0 Å². The van der Waals surface area contributed by atoms with Crippen LogP contribution in [0.1, 0.15) is 31.1 Å². The van der Waals surface area contributed by atoms with Gasteiger partial charge < -0.3 is 5.32 Å². The molecule has 2 saturated heterocycles. The Kier molecular flexibility index (Phi) is 5.41. The molecule has 0 bridgehead atoms. The molecule has 22 heavy (non-hydrogen) atoms. The van der Waals surface area contributed by atoms with Crippen LogP contribution in [-0.4, -0.2) is 43.5 Å². The van der Waals surface area contributed by atoms with Crippen LogP contribution in [0.25, 0.3) is 0 Å². The van der Waals surface area contributed by atoms with Crippen LogP contribution in [0.15, 0.2) is 24.3 Å². The molecule has 0 radical (unpaired) electrons. The number of benzene rings is 1. The number of nitrogens with one attached hydrogen (secondary N) is 4. The summed E-state index contributed by atoms with van der Waals surface area (Å²) >= 11 is 0. The second-order valence-electron chi connectivity index (χ2n) is 5.95. The van der Waals surface area contributed by atoms with Gasteiger partial charge in [0.2, 0.25) is 0 Å². The molecule has 2 fully saturated rings. The van der Waals surface area contributed by atoms with Gasteiger partial charge in [-0.05, 0) is 24.6 Å². The molecule has 0 spiro atoms. The van der Waals surface area contributed by atoms with E-state index in [9.17, 15) is 0 Å². The lowest BCUT2D eigenvalue weighted by Gasteiger charge is -2.36. The highest BCUT2D eigenvalue weighted by atomic mass is 16.7. The van der Waals surface area contributed by atoms with Crippen LogP contribution in [0.2, 0.25) is 0 Å². The molecule has 3 rings (SSSR count). The smallest absolute Gasteiger partial charge is 0.128 e. The van der Waals surface area contributed by atoms with Crippen LogP contribution in [0.4, 0.5) is 0 Å². The lowest BCUT2D eigenvalue weighted by atomic mass is 10.1. The Morgan fingerprint density at radius 2 is 2.14 bits per heavy atom. The second kappa shape index (κ2) is 7.50. The summed E-state index contributed by atoms with van der Waals surface area (Å²) in [5.74, 6) is 0. The quantitative estimate of drug-likeness (QED) is 0.635. The molecule has 0 amide bonds. The molecule has 122 valence electrons. The molecule has 1 aromatic rings. The molecular formula is C16H27N5O. The van der Waals surface area contributed by atoms with Gasteiger partial charge in [0.1, 0.15) is 12.4 Å². The molecule has 6 heteroatoms. The summed E-state index contributed by atoms with van der Waals surface area (Å²) in [7, 11) is 0. The van der Waals surface area contributed by atoms with Crippen LogP contribution in [0, 0.1) is 0 Å². The Hall–Kier alpha value is -1.02. The Balaban J connectivity index is 1.52. The zero-order chi connectivity index (χ0) is 15.4. The molecule has 3 unspecified atom stereocenters. The predicted octanol–water partition coefficient (Wildman–Crippen LogP) is 0.496. The highest BCUT2D eigenvalue weighted by molar-refractivity contribution is 5.25. The molecule has 3 atom stereocenters. The highest BCUT2D eigenvalue weighted by Gasteiger charge is 2.22. The number of rotatable bonds is 5. The molecule has 0 saturated carbocycles. The first-order valence-electron chi connectivity index (χ1n) is 8.20. The third-order valence-electron chi connectivity index (χ3n) is 4.38. The predicted molar refractivity (Wildman–Crippen MR) is 86.7 cm³/mol. The van der Waals surface area contributed by atoms with Gasteiger partial charge >= 0.3 is 0 Å². The topological polar surface area (TPSA) is 60.6 Å². The summed E-state index contributed by atoms with van der Waals surface area (Å²) < 4.78 is 0. The standard InChI is InChI=1S/C16H27N5O/c1-3-21-9-8-17-11-15(21)18-10-13-4-6-14(7-5-13)16-19-12(2)22-20-16/h4-7,12,15-20H,3,8-11H2,1-2H3. The Labute approximate surface area is 132 Å². The molecule has 0 aromatic heterocycles. The summed E-state index contributed by atoms with van der Waals surface area (Å²) in [4.78, 5) is 7.80. The van der Waals surface area contributed by atoms with E-state index in [1.165, 1.54) is 11.1 Å². The maximum atomic E-state index is 5.32. The minimum Gasteiger partial charge on any atom is -0.313 e. The first kappa shape index (κ1) is 15.9. The summed E-state index contributed by atoms with van der Waals surface area (Å²) in [6.45, 7) is 9.41. The number of hydroxylamine groups is 1. The van der Waals surface area contributed by atoms with Gasteiger partial charge in [-0.25, -0.2) is 0 Å². The van der Waals surface area contributed by atoms with Crippen molar-refractivity contribution in [3.8, 4) is 0 Å². The van der Waals surface area contributed by atoms with Gasteiger partial charge in [-0.2, -0.15) is 5.48 Å². The van der Waals surface area contributed by atoms with E-state index in [-0.39, 0.29) is 12.4 Å². The maximum Gasteiger partial charge on any atom is 0.128 e. The van der Waals surface area contributed by atoms with Crippen molar-refractivity contribution in [2.45, 2.75) is 39.0 Å². The van der Waals surface area contributed by atoms with Crippen molar-refractivity contribution in [1.29, 1.82) is 0 Å². The molecule has 4 N–H and O–H groups in total. The fourth-order valence-electron chi connectivity index (χ4n) is 3.03. The second-order valence-corrected chi connectivity index (χ2v) is 5.95. The number of hydrogen-bond acceptors (Lipinski definition) is 6. The summed E-state index contributed by atoms with van der Waals surface area (Å²) in [6, 6.07) is 8.67. The van der Waals surface area contributed by atoms with E-state index in [0.717, 1.165) is 32.7 Å². The largest absolute Gasteiger partial charge is 0.313 e. The van der Waals surface area contributed by atoms with Crippen LogP contribution >= 0.6 is 0 Å². The molecule has 2 aliphatic rings. The van der Waals surface area contributed by atoms with Crippen molar-refractivity contribution in [3.63, 3.8) is 0 Å². The maximum absolute atomic E-state index is 5.32. The Morgan fingerprint density at radius 3 is 2.82 bits per heavy atom. The number of likely N-dealkylation sites (N-methyl/N-ethyl adjacent to an activating group) is 1. The van der Waals surface area contributed by atoms with Gasteiger partial charge in [0.05, 0.1) is 6.17 Å². The summed E-state index contributed by atoms with van der Waals surface area (Å²) in [5.41, 5.74) is 5.50. The third kappa shape index (κ3) is 3.84. The Morgan fingerprint density at radius 1 is 1.32 bits per heavy atom. The van der Waals surface area contributed by atoms with Crippen molar-refractivity contribution in [3.05, 3.63) is 35.4 Å². The van der Waals surface area contributed by atoms with Crippen LogP contribution in [-0.2, 0) is 11.4 Å². The molecule has 2 heterocycles. The minimum atomic E-state index is 0.0465. The zero-order valence-corrected chi connectivity index (χ0v) is 13.4. The summed E-state index contributed by atoms with van der Waals surface area (Å²) in [5, 5.41) is 10.4. The average molecular weight is 305 g/mol. The number of hydrogen-bond donors (Lipinski definition) is 4. The molecular weight excluding hydrogens is 278 g/mol. The molecule has 6 nitrogen and oxygen atoms in total. The minimum absolute atomic E-state index is 0.0465. The molecule has 0 aliphatic carbocycles. The zero-order valence-electron chi connectivity index (χ0n) is 13.4. The Bertz CT molecular complexity index is 466. The third-order valence-corrected chi connectivity index (χ3v) is 4.38. The van der Waals surface area contributed by atoms with Gasteiger partial charge in [0, 0.05) is 26.2 Å². The van der Waals surface area contributed by atoms with Crippen molar-refractivity contribution in [1.82, 2.24) is 26.3 Å². The monoisotopic (exact) mass is 305 g/mol. The van der Waals surface area contributed by atoms with E-state index in [1.54, 1.807) is 0 Å². The van der Waals surface area contributed by atoms with Crippen molar-refractivity contribution < 1.29 is 4.84 Å². The van der Waals surface area contributed by atoms with Gasteiger partial charge in [-0.15, -0.1) is 0 Å². The van der Waals surface area contributed by atoms with Crippen LogP contribution in [0.5, 0.6) is 0 Å². The normalized spacial score (nSPS) is 29.8. The van der Waals surface area contributed by atoms with Gasteiger partial charge in [-0.1, -0.05) is 31.2 Å². The van der Waals surface area contributed by atoms with E-state index in [2.05, 4.69) is 57.5 Å². The molecule has 1 aromatic carbocycles. The van der Waals surface area contributed by atoms with Crippen molar-refractivity contribution in [2.75, 3.05) is 26.2 Å². The van der Waals surface area contributed by atoms with E-state index in [4.69, 9.17) is 4.84 Å².